The molecule has 3 heterocycles. The highest BCUT2D eigenvalue weighted by Crippen LogP contribution is 2.27. The van der Waals surface area contributed by atoms with E-state index in [0.717, 1.165) is 35.6 Å². The summed E-state index contributed by atoms with van der Waals surface area (Å²) in [7, 11) is -3.03. The zero-order valence-electron chi connectivity index (χ0n) is 18.5. The maximum atomic E-state index is 13.3. The lowest BCUT2D eigenvalue weighted by Crippen LogP contribution is -2.46. The largest absolute Gasteiger partial charge is 0.334 e. The average Bonchev–Trinajstić information content (AvgIpc) is 3.26. The van der Waals surface area contributed by atoms with Gasteiger partial charge in [-0.15, -0.1) is 0 Å². The number of imidazole rings is 1. The van der Waals surface area contributed by atoms with E-state index in [9.17, 15) is 13.2 Å². The van der Waals surface area contributed by atoms with Crippen LogP contribution in [0.15, 0.2) is 60.8 Å². The summed E-state index contributed by atoms with van der Waals surface area (Å²) in [6.07, 6.45) is 5.51. The summed E-state index contributed by atoms with van der Waals surface area (Å²) in [6, 6.07) is 16.7. The maximum absolute atomic E-state index is 13.3. The van der Waals surface area contributed by atoms with Gasteiger partial charge in [0.05, 0.1) is 17.2 Å². The minimum atomic E-state index is -3.03. The molecular weight excluding hydrogens is 436 g/mol. The van der Waals surface area contributed by atoms with Crippen molar-refractivity contribution in [3.63, 3.8) is 0 Å². The van der Waals surface area contributed by atoms with E-state index in [2.05, 4.69) is 16.1 Å². The fourth-order valence-corrected chi connectivity index (χ4v) is 5.86. The predicted molar refractivity (Wildman–Crippen MR) is 129 cm³/mol. The van der Waals surface area contributed by atoms with Gasteiger partial charge in [0.15, 0.2) is 9.84 Å². The van der Waals surface area contributed by atoms with Crippen LogP contribution in [0.25, 0.3) is 11.3 Å². The van der Waals surface area contributed by atoms with Crippen molar-refractivity contribution in [1.82, 2.24) is 14.5 Å². The minimum absolute atomic E-state index is 0.0763. The molecule has 8 heteroatoms. The van der Waals surface area contributed by atoms with Crippen LogP contribution in [0, 0.1) is 0 Å². The second-order valence-corrected chi connectivity index (χ2v) is 11.1. The highest BCUT2D eigenvalue weighted by molar-refractivity contribution is 7.91. The first-order valence-corrected chi connectivity index (χ1v) is 13.3. The first kappa shape index (κ1) is 21.9. The maximum Gasteiger partial charge on any atom is 0.246 e. The van der Waals surface area contributed by atoms with Crippen LogP contribution in [0.1, 0.15) is 30.3 Å². The summed E-state index contributed by atoms with van der Waals surface area (Å²) >= 11 is 0. The van der Waals surface area contributed by atoms with E-state index < -0.39 is 15.9 Å². The Morgan fingerprint density at radius 3 is 2.36 bits per heavy atom. The number of aryl methyl sites for hydroxylation is 2. The lowest BCUT2D eigenvalue weighted by atomic mass is 10.0. The Kier molecular flexibility index (Phi) is 6.03. The van der Waals surface area contributed by atoms with Gasteiger partial charge in [-0.1, -0.05) is 42.5 Å². The molecule has 1 amide bonds. The number of sulfone groups is 1. The van der Waals surface area contributed by atoms with Crippen molar-refractivity contribution < 1.29 is 13.2 Å². The molecule has 1 fully saturated rings. The molecule has 1 N–H and O–H groups in total. The number of nitrogens with one attached hydrogen (secondary N) is 1. The van der Waals surface area contributed by atoms with Gasteiger partial charge in [0.25, 0.3) is 0 Å². The molecule has 1 atom stereocenters. The summed E-state index contributed by atoms with van der Waals surface area (Å²) in [6.45, 7) is 1.72. The number of carbonyl (C=O) groups is 1. The molecular formula is C25H28N4O3S. The zero-order chi connectivity index (χ0) is 22.8. The Balaban J connectivity index is 1.33. The first-order chi connectivity index (χ1) is 16.0. The summed E-state index contributed by atoms with van der Waals surface area (Å²) in [5, 5.41) is 3.03. The van der Waals surface area contributed by atoms with E-state index in [-0.39, 0.29) is 17.4 Å². The molecule has 1 unspecified atom stereocenters. The van der Waals surface area contributed by atoms with Gasteiger partial charge >= 0.3 is 0 Å². The van der Waals surface area contributed by atoms with Gasteiger partial charge in [0.2, 0.25) is 5.91 Å². The Morgan fingerprint density at radius 1 is 0.939 bits per heavy atom. The quantitative estimate of drug-likeness (QED) is 0.626. The van der Waals surface area contributed by atoms with Crippen molar-refractivity contribution in [3.8, 4) is 11.3 Å². The molecule has 1 aromatic heterocycles. The molecule has 2 aromatic carbocycles. The number of fused-ring (bicyclic) bond motifs is 1. The number of rotatable bonds is 5. The lowest BCUT2D eigenvalue weighted by Gasteiger charge is -2.33. The fraction of sp³-hybridized carbons (Fsp3) is 0.360. The van der Waals surface area contributed by atoms with E-state index in [0.29, 0.717) is 18.8 Å². The number of carbonyl (C=O) groups excluding carboxylic acids is 1. The SMILES string of the molecule is O=C(Nc1ccc(-c2cn3c(n2)CCCC3)cc1)C(c1ccccc1)N1CCS(=O)(=O)CC1. The standard InChI is InChI=1S/C25H28N4O3S/c30-25(24(20-6-2-1-3-7-20)28-14-16-33(31,32)17-15-28)26-21-11-9-19(10-12-21)22-18-29-13-5-4-8-23(29)27-22/h1-3,6-7,9-12,18,24H,4-5,8,13-17H2,(H,26,30). The van der Waals surface area contributed by atoms with E-state index in [1.807, 2.05) is 59.5 Å². The Hall–Kier alpha value is -2.97. The molecule has 0 radical (unpaired) electrons. The monoisotopic (exact) mass is 464 g/mol. The third-order valence-corrected chi connectivity index (χ3v) is 8.07. The van der Waals surface area contributed by atoms with Gasteiger partial charge in [-0.25, -0.2) is 13.4 Å². The zero-order valence-corrected chi connectivity index (χ0v) is 19.3. The number of hydrogen-bond acceptors (Lipinski definition) is 5. The molecule has 0 spiro atoms. The number of hydrogen-bond donors (Lipinski definition) is 1. The number of aromatic nitrogens is 2. The summed E-state index contributed by atoms with van der Waals surface area (Å²) in [5.41, 5.74) is 3.55. The van der Waals surface area contributed by atoms with Crippen LogP contribution in [-0.2, 0) is 27.6 Å². The second kappa shape index (κ2) is 9.11. The molecule has 5 rings (SSSR count). The van der Waals surface area contributed by atoms with E-state index >= 15 is 0 Å². The minimum Gasteiger partial charge on any atom is -0.334 e. The second-order valence-electron chi connectivity index (χ2n) is 8.76. The summed E-state index contributed by atoms with van der Waals surface area (Å²) in [5.74, 6) is 1.13. The molecule has 2 aliphatic heterocycles. The Morgan fingerprint density at radius 2 is 1.67 bits per heavy atom. The third kappa shape index (κ3) is 4.86. The van der Waals surface area contributed by atoms with Gasteiger partial charge < -0.3 is 9.88 Å². The van der Waals surface area contributed by atoms with Crippen LogP contribution < -0.4 is 5.32 Å². The van der Waals surface area contributed by atoms with Crippen molar-refractivity contribution in [3.05, 3.63) is 72.2 Å². The number of anilines is 1. The first-order valence-electron chi connectivity index (χ1n) is 11.5. The normalized spacial score (nSPS) is 18.9. The van der Waals surface area contributed by atoms with E-state index in [1.165, 1.54) is 12.8 Å². The van der Waals surface area contributed by atoms with Crippen LogP contribution in [-0.4, -0.2) is 53.4 Å². The van der Waals surface area contributed by atoms with E-state index in [4.69, 9.17) is 4.98 Å². The Bertz CT molecular complexity index is 1200. The van der Waals surface area contributed by atoms with Gasteiger partial charge in [-0.2, -0.15) is 0 Å². The van der Waals surface area contributed by atoms with Crippen molar-refractivity contribution in [2.45, 2.75) is 31.8 Å². The molecule has 172 valence electrons. The molecule has 1 saturated heterocycles. The fourth-order valence-electron chi connectivity index (χ4n) is 4.63. The van der Waals surface area contributed by atoms with Crippen molar-refractivity contribution >= 4 is 21.4 Å². The van der Waals surface area contributed by atoms with Gasteiger partial charge in [0, 0.05) is 43.5 Å². The highest BCUT2D eigenvalue weighted by atomic mass is 32.2. The number of amides is 1. The molecule has 0 aliphatic carbocycles. The Labute approximate surface area is 194 Å². The summed E-state index contributed by atoms with van der Waals surface area (Å²) in [4.78, 5) is 20.1. The average molecular weight is 465 g/mol. The molecule has 2 aliphatic rings. The van der Waals surface area contributed by atoms with Crippen LogP contribution in [0.4, 0.5) is 5.69 Å². The van der Waals surface area contributed by atoms with Crippen LogP contribution in [0.2, 0.25) is 0 Å². The van der Waals surface area contributed by atoms with Gasteiger partial charge in [0.1, 0.15) is 11.9 Å². The highest BCUT2D eigenvalue weighted by Gasteiger charge is 2.32. The molecule has 0 bridgehead atoms. The summed E-state index contributed by atoms with van der Waals surface area (Å²) < 4.78 is 26.0. The smallest absolute Gasteiger partial charge is 0.246 e. The molecule has 3 aromatic rings. The number of benzene rings is 2. The molecule has 0 saturated carbocycles. The topological polar surface area (TPSA) is 84.3 Å². The van der Waals surface area contributed by atoms with Gasteiger partial charge in [-0.05, 0) is 30.5 Å². The van der Waals surface area contributed by atoms with Crippen LogP contribution in [0.3, 0.4) is 0 Å². The van der Waals surface area contributed by atoms with Crippen molar-refractivity contribution in [1.29, 1.82) is 0 Å². The van der Waals surface area contributed by atoms with Crippen LogP contribution >= 0.6 is 0 Å². The number of nitrogens with zero attached hydrogens (tertiary/aromatic N) is 3. The van der Waals surface area contributed by atoms with Crippen LogP contribution in [0.5, 0.6) is 0 Å². The lowest BCUT2D eigenvalue weighted by molar-refractivity contribution is -0.121. The van der Waals surface area contributed by atoms with Gasteiger partial charge in [-0.3, -0.25) is 9.69 Å². The van der Waals surface area contributed by atoms with E-state index in [1.54, 1.807) is 0 Å². The predicted octanol–water partition coefficient (Wildman–Crippen LogP) is 3.30. The molecule has 7 nitrogen and oxygen atoms in total. The molecule has 33 heavy (non-hydrogen) atoms. The van der Waals surface area contributed by atoms with Crippen molar-refractivity contribution in [2.75, 3.05) is 29.9 Å². The van der Waals surface area contributed by atoms with Crippen molar-refractivity contribution in [2.24, 2.45) is 0 Å². The third-order valence-electron chi connectivity index (χ3n) is 6.46.